The second-order valence-corrected chi connectivity index (χ2v) is 4.30. The van der Waals surface area contributed by atoms with Gasteiger partial charge in [0.1, 0.15) is 0 Å². The van der Waals surface area contributed by atoms with Crippen molar-refractivity contribution in [1.82, 2.24) is 9.97 Å². The number of aromatic amines is 1. The molecule has 0 radical (unpaired) electrons. The van der Waals surface area contributed by atoms with E-state index in [9.17, 15) is 0 Å². The highest BCUT2D eigenvalue weighted by Gasteiger charge is 2.09. The summed E-state index contributed by atoms with van der Waals surface area (Å²) in [7, 11) is 3.22. The minimum absolute atomic E-state index is 0.665. The van der Waals surface area contributed by atoms with Gasteiger partial charge in [-0.25, -0.2) is 4.98 Å². The van der Waals surface area contributed by atoms with E-state index in [1.165, 1.54) is 0 Å². The lowest BCUT2D eigenvalue weighted by atomic mass is 10.3. The second-order valence-electron chi connectivity index (χ2n) is 4.30. The van der Waals surface area contributed by atoms with Gasteiger partial charge in [-0.3, -0.25) is 0 Å². The maximum Gasteiger partial charge on any atom is 0.205 e. The fourth-order valence-corrected chi connectivity index (χ4v) is 2.05. The van der Waals surface area contributed by atoms with Crippen molar-refractivity contribution in [3.8, 4) is 11.5 Å². The van der Waals surface area contributed by atoms with Crippen LogP contribution in [0.2, 0.25) is 0 Å². The minimum atomic E-state index is 0.665. The molecule has 0 aliphatic rings. The van der Waals surface area contributed by atoms with Crippen molar-refractivity contribution < 1.29 is 9.47 Å². The number of nitrogens with zero attached hydrogens (tertiary/aromatic N) is 1. The first-order valence-electron chi connectivity index (χ1n) is 6.24. The molecule has 5 heteroatoms. The summed E-state index contributed by atoms with van der Waals surface area (Å²) in [5.74, 6) is 2.02. The third kappa shape index (κ3) is 2.25. The first kappa shape index (κ1) is 12.3. The molecule has 3 aromatic rings. The summed E-state index contributed by atoms with van der Waals surface area (Å²) in [5.41, 5.74) is 2.69. The van der Waals surface area contributed by atoms with Gasteiger partial charge in [0.25, 0.3) is 0 Å². The maximum atomic E-state index is 5.28. The van der Waals surface area contributed by atoms with E-state index in [0.717, 1.165) is 16.7 Å². The molecular formula is C15H15N3O2. The molecule has 0 amide bonds. The molecule has 0 saturated heterocycles. The number of aromatic nitrogens is 2. The molecule has 0 fully saturated rings. The van der Waals surface area contributed by atoms with Gasteiger partial charge in [-0.1, -0.05) is 18.2 Å². The van der Waals surface area contributed by atoms with E-state index >= 15 is 0 Å². The molecule has 0 saturated carbocycles. The molecule has 5 nitrogen and oxygen atoms in total. The van der Waals surface area contributed by atoms with Crippen LogP contribution in [-0.2, 0) is 0 Å². The topological polar surface area (TPSA) is 59.2 Å². The van der Waals surface area contributed by atoms with E-state index in [0.29, 0.717) is 17.4 Å². The highest BCUT2D eigenvalue weighted by Crippen LogP contribution is 2.32. The number of methoxy groups -OCH3 is 2. The number of ether oxygens (including phenoxy) is 2. The Kier molecular flexibility index (Phi) is 3.16. The van der Waals surface area contributed by atoms with Crippen molar-refractivity contribution >= 4 is 22.7 Å². The molecule has 0 bridgehead atoms. The average molecular weight is 269 g/mol. The summed E-state index contributed by atoms with van der Waals surface area (Å²) in [6, 6.07) is 13.6. The predicted molar refractivity (Wildman–Crippen MR) is 78.9 cm³/mol. The Bertz CT molecular complexity index is 682. The molecule has 0 unspecified atom stereocenters. The molecule has 0 atom stereocenters. The van der Waals surface area contributed by atoms with Crippen LogP contribution >= 0.6 is 0 Å². The fraction of sp³-hybridized carbons (Fsp3) is 0.133. The Morgan fingerprint density at radius 1 is 1.00 bits per heavy atom. The number of benzene rings is 2. The Morgan fingerprint density at radius 3 is 2.40 bits per heavy atom. The molecule has 102 valence electrons. The largest absolute Gasteiger partial charge is 0.493 e. The second kappa shape index (κ2) is 5.13. The number of hydrogen-bond acceptors (Lipinski definition) is 4. The van der Waals surface area contributed by atoms with Crippen LogP contribution in [0.5, 0.6) is 11.5 Å². The van der Waals surface area contributed by atoms with Gasteiger partial charge < -0.3 is 19.8 Å². The van der Waals surface area contributed by atoms with Gasteiger partial charge in [-0.2, -0.15) is 0 Å². The van der Waals surface area contributed by atoms with Crippen LogP contribution in [0.4, 0.5) is 11.6 Å². The zero-order chi connectivity index (χ0) is 13.9. The van der Waals surface area contributed by atoms with E-state index in [1.54, 1.807) is 14.2 Å². The number of para-hydroxylation sites is 1. The molecule has 1 heterocycles. The van der Waals surface area contributed by atoms with Crippen LogP contribution in [0.3, 0.4) is 0 Å². The molecule has 1 aromatic heterocycles. The zero-order valence-electron chi connectivity index (χ0n) is 11.3. The first-order valence-corrected chi connectivity index (χ1v) is 6.24. The first-order chi connectivity index (χ1) is 9.80. The fourth-order valence-electron chi connectivity index (χ4n) is 2.05. The summed E-state index contributed by atoms with van der Waals surface area (Å²) in [5, 5.41) is 3.22. The van der Waals surface area contributed by atoms with Gasteiger partial charge in [0.15, 0.2) is 11.5 Å². The van der Waals surface area contributed by atoms with Crippen LogP contribution in [-0.4, -0.2) is 24.2 Å². The molecule has 0 aliphatic heterocycles. The van der Waals surface area contributed by atoms with Crippen molar-refractivity contribution in [2.45, 2.75) is 0 Å². The van der Waals surface area contributed by atoms with Gasteiger partial charge in [-0.15, -0.1) is 0 Å². The number of nitrogens with one attached hydrogen (secondary N) is 2. The van der Waals surface area contributed by atoms with Crippen molar-refractivity contribution in [2.24, 2.45) is 0 Å². The summed E-state index contributed by atoms with van der Waals surface area (Å²) in [6.45, 7) is 0. The zero-order valence-corrected chi connectivity index (χ0v) is 11.3. The van der Waals surface area contributed by atoms with Gasteiger partial charge >= 0.3 is 0 Å². The van der Waals surface area contributed by atoms with E-state index in [4.69, 9.17) is 9.47 Å². The summed E-state index contributed by atoms with van der Waals surface area (Å²) in [6.07, 6.45) is 0. The Balaban J connectivity index is 1.98. The Labute approximate surface area is 116 Å². The van der Waals surface area contributed by atoms with Crippen molar-refractivity contribution in [1.29, 1.82) is 0 Å². The number of anilines is 2. The normalized spacial score (nSPS) is 10.5. The number of hydrogen-bond donors (Lipinski definition) is 2. The van der Waals surface area contributed by atoms with Gasteiger partial charge in [-0.05, 0) is 12.1 Å². The Morgan fingerprint density at radius 2 is 1.70 bits per heavy atom. The number of fused-ring (bicyclic) bond motifs is 1. The predicted octanol–water partition coefficient (Wildman–Crippen LogP) is 3.32. The molecule has 20 heavy (non-hydrogen) atoms. The average Bonchev–Trinajstić information content (AvgIpc) is 2.87. The van der Waals surface area contributed by atoms with E-state index in [1.807, 2.05) is 42.5 Å². The maximum absolute atomic E-state index is 5.28. The van der Waals surface area contributed by atoms with E-state index in [2.05, 4.69) is 15.3 Å². The van der Waals surface area contributed by atoms with Crippen LogP contribution in [0.25, 0.3) is 11.0 Å². The summed E-state index contributed by atoms with van der Waals surface area (Å²) >= 11 is 0. The van der Waals surface area contributed by atoms with Crippen LogP contribution < -0.4 is 14.8 Å². The van der Waals surface area contributed by atoms with Gasteiger partial charge in [0.05, 0.1) is 25.3 Å². The summed E-state index contributed by atoms with van der Waals surface area (Å²) in [4.78, 5) is 7.70. The quantitative estimate of drug-likeness (QED) is 0.762. The van der Waals surface area contributed by atoms with Crippen molar-refractivity contribution in [2.75, 3.05) is 19.5 Å². The molecule has 0 spiro atoms. The monoisotopic (exact) mass is 269 g/mol. The van der Waals surface area contributed by atoms with Gasteiger partial charge in [0, 0.05) is 17.8 Å². The lowest BCUT2D eigenvalue weighted by Crippen LogP contribution is -1.90. The number of H-pyrrole nitrogens is 1. The minimum Gasteiger partial charge on any atom is -0.493 e. The molecule has 2 aromatic carbocycles. The molecular weight excluding hydrogens is 254 g/mol. The number of imidazole rings is 1. The highest BCUT2D eigenvalue weighted by molar-refractivity contribution is 5.82. The number of rotatable bonds is 4. The van der Waals surface area contributed by atoms with Crippen LogP contribution in [0, 0.1) is 0 Å². The van der Waals surface area contributed by atoms with Crippen molar-refractivity contribution in [3.05, 3.63) is 42.5 Å². The molecule has 3 rings (SSSR count). The van der Waals surface area contributed by atoms with Crippen LogP contribution in [0.1, 0.15) is 0 Å². The third-order valence-corrected chi connectivity index (χ3v) is 3.02. The Hall–Kier alpha value is -2.69. The molecule has 0 aliphatic carbocycles. The smallest absolute Gasteiger partial charge is 0.205 e. The SMILES string of the molecule is COc1cc2nc(Nc3ccccc3)[nH]c2cc1OC. The standard InChI is InChI=1S/C15H15N3O2/c1-19-13-8-11-12(9-14(13)20-2)18-15(17-11)16-10-6-4-3-5-7-10/h3-9H,1-2H3,(H2,16,17,18). The molecule has 2 N–H and O–H groups in total. The van der Waals surface area contributed by atoms with E-state index < -0.39 is 0 Å². The van der Waals surface area contributed by atoms with Crippen molar-refractivity contribution in [3.63, 3.8) is 0 Å². The van der Waals surface area contributed by atoms with E-state index in [-0.39, 0.29) is 0 Å². The van der Waals surface area contributed by atoms with Gasteiger partial charge in [0.2, 0.25) is 5.95 Å². The summed E-state index contributed by atoms with van der Waals surface area (Å²) < 4.78 is 10.6. The lowest BCUT2D eigenvalue weighted by Gasteiger charge is -2.06. The van der Waals surface area contributed by atoms with Crippen LogP contribution in [0.15, 0.2) is 42.5 Å². The lowest BCUT2D eigenvalue weighted by molar-refractivity contribution is 0.356. The highest BCUT2D eigenvalue weighted by atomic mass is 16.5. The third-order valence-electron chi connectivity index (χ3n) is 3.02.